The molecule has 0 aliphatic heterocycles. The van der Waals surface area contributed by atoms with Gasteiger partial charge in [-0.2, -0.15) is 0 Å². The average molecular weight is 191 g/mol. The number of imidazole rings is 1. The van der Waals surface area contributed by atoms with Crippen LogP contribution in [-0.4, -0.2) is 29.6 Å². The number of rotatable bonds is 4. The highest BCUT2D eigenvalue weighted by Crippen LogP contribution is 2.09. The summed E-state index contributed by atoms with van der Waals surface area (Å²) in [4.78, 5) is 4.20. The maximum atomic E-state index is 4.97. The van der Waals surface area contributed by atoms with E-state index >= 15 is 0 Å². The van der Waals surface area contributed by atoms with Crippen molar-refractivity contribution < 1.29 is 4.74 Å². The molecule has 2 heterocycles. The van der Waals surface area contributed by atoms with Crippen molar-refractivity contribution in [3.05, 3.63) is 30.6 Å². The molecule has 4 nitrogen and oxygen atoms in total. The summed E-state index contributed by atoms with van der Waals surface area (Å²) in [6.45, 7) is 1.50. The molecule has 0 amide bonds. The van der Waals surface area contributed by atoms with E-state index in [1.165, 1.54) is 0 Å². The summed E-state index contributed by atoms with van der Waals surface area (Å²) in [7, 11) is 1.69. The van der Waals surface area contributed by atoms with E-state index in [1.54, 1.807) is 13.3 Å². The standard InChI is InChI=1S/C10H13N3O/c1-14-8-6-12-10-4-2-3-9-11-5-7-13(9)10/h2-5,7,12H,6,8H2,1H3. The van der Waals surface area contributed by atoms with Crippen molar-refractivity contribution in [1.29, 1.82) is 0 Å². The van der Waals surface area contributed by atoms with E-state index in [1.807, 2.05) is 28.8 Å². The number of anilines is 1. The number of methoxy groups -OCH3 is 1. The van der Waals surface area contributed by atoms with Gasteiger partial charge in [0.2, 0.25) is 0 Å². The minimum Gasteiger partial charge on any atom is -0.383 e. The quantitative estimate of drug-likeness (QED) is 0.742. The van der Waals surface area contributed by atoms with Gasteiger partial charge in [0, 0.05) is 26.0 Å². The van der Waals surface area contributed by atoms with Crippen molar-refractivity contribution in [2.75, 3.05) is 25.6 Å². The molecule has 0 aromatic carbocycles. The Labute approximate surface area is 82.5 Å². The third-order valence-corrected chi connectivity index (χ3v) is 2.04. The number of pyridine rings is 1. The molecule has 1 N–H and O–H groups in total. The van der Waals surface area contributed by atoms with Gasteiger partial charge in [-0.25, -0.2) is 4.98 Å². The van der Waals surface area contributed by atoms with Gasteiger partial charge in [0.25, 0.3) is 0 Å². The van der Waals surface area contributed by atoms with Gasteiger partial charge in [-0.15, -0.1) is 0 Å². The number of hydrogen-bond donors (Lipinski definition) is 1. The second kappa shape index (κ2) is 4.11. The predicted molar refractivity (Wildman–Crippen MR) is 55.6 cm³/mol. The first-order valence-electron chi connectivity index (χ1n) is 4.57. The van der Waals surface area contributed by atoms with Crippen LogP contribution in [0, 0.1) is 0 Å². The monoisotopic (exact) mass is 191 g/mol. The Hall–Kier alpha value is -1.55. The molecule has 0 saturated carbocycles. The first-order valence-corrected chi connectivity index (χ1v) is 4.57. The van der Waals surface area contributed by atoms with Crippen LogP contribution in [0.1, 0.15) is 0 Å². The van der Waals surface area contributed by atoms with Crippen molar-refractivity contribution >= 4 is 11.5 Å². The summed E-state index contributed by atoms with van der Waals surface area (Å²) in [5.41, 5.74) is 0.951. The summed E-state index contributed by atoms with van der Waals surface area (Å²) in [5.74, 6) is 1.04. The Kier molecular flexibility index (Phi) is 2.65. The molecule has 4 heteroatoms. The van der Waals surface area contributed by atoms with Crippen molar-refractivity contribution in [2.45, 2.75) is 0 Å². The third-order valence-electron chi connectivity index (χ3n) is 2.04. The highest BCUT2D eigenvalue weighted by molar-refractivity contribution is 5.49. The van der Waals surface area contributed by atoms with Crippen LogP contribution in [0.4, 0.5) is 5.82 Å². The average Bonchev–Trinajstić information content (AvgIpc) is 2.67. The van der Waals surface area contributed by atoms with Crippen LogP contribution in [0.2, 0.25) is 0 Å². The van der Waals surface area contributed by atoms with Crippen molar-refractivity contribution in [3.8, 4) is 0 Å². The molecular formula is C10H13N3O. The fourth-order valence-corrected chi connectivity index (χ4v) is 1.37. The van der Waals surface area contributed by atoms with Crippen molar-refractivity contribution in [3.63, 3.8) is 0 Å². The Balaban J connectivity index is 2.19. The van der Waals surface area contributed by atoms with Gasteiger partial charge in [-0.1, -0.05) is 6.07 Å². The summed E-state index contributed by atoms with van der Waals surface area (Å²) in [6.07, 6.45) is 3.72. The van der Waals surface area contributed by atoms with Crippen LogP contribution in [0.15, 0.2) is 30.6 Å². The molecule has 0 spiro atoms. The summed E-state index contributed by atoms with van der Waals surface area (Å²) in [6, 6.07) is 5.98. The molecule has 0 fully saturated rings. The normalized spacial score (nSPS) is 10.6. The number of aromatic nitrogens is 2. The SMILES string of the molecule is COCCNc1cccc2nccn12. The Morgan fingerprint density at radius 2 is 2.43 bits per heavy atom. The fraction of sp³-hybridized carbons (Fsp3) is 0.300. The van der Waals surface area contributed by atoms with Gasteiger partial charge >= 0.3 is 0 Å². The lowest BCUT2D eigenvalue weighted by Gasteiger charge is -2.07. The Morgan fingerprint density at radius 1 is 1.50 bits per heavy atom. The van der Waals surface area contributed by atoms with Crippen LogP contribution < -0.4 is 5.32 Å². The molecule has 0 bridgehead atoms. The zero-order valence-corrected chi connectivity index (χ0v) is 8.10. The van der Waals surface area contributed by atoms with Gasteiger partial charge < -0.3 is 10.1 Å². The molecule has 0 unspecified atom stereocenters. The second-order valence-electron chi connectivity index (χ2n) is 2.99. The van der Waals surface area contributed by atoms with Crippen LogP contribution in [0.5, 0.6) is 0 Å². The minimum atomic E-state index is 0.699. The molecule has 74 valence electrons. The summed E-state index contributed by atoms with van der Waals surface area (Å²) >= 11 is 0. The van der Waals surface area contributed by atoms with Crippen molar-refractivity contribution in [2.24, 2.45) is 0 Å². The van der Waals surface area contributed by atoms with Crippen LogP contribution in [0.3, 0.4) is 0 Å². The lowest BCUT2D eigenvalue weighted by molar-refractivity contribution is 0.210. The lowest BCUT2D eigenvalue weighted by atomic mass is 10.4. The van der Waals surface area contributed by atoms with Gasteiger partial charge in [0.15, 0.2) is 0 Å². The van der Waals surface area contributed by atoms with Gasteiger partial charge in [-0.05, 0) is 12.1 Å². The maximum Gasteiger partial charge on any atom is 0.138 e. The topological polar surface area (TPSA) is 38.6 Å². The highest BCUT2D eigenvalue weighted by Gasteiger charge is 1.98. The van der Waals surface area contributed by atoms with Gasteiger partial charge in [0.05, 0.1) is 6.61 Å². The van der Waals surface area contributed by atoms with E-state index in [4.69, 9.17) is 4.74 Å². The number of hydrogen-bond acceptors (Lipinski definition) is 3. The van der Waals surface area contributed by atoms with E-state index in [0.717, 1.165) is 18.0 Å². The maximum absolute atomic E-state index is 4.97. The number of fused-ring (bicyclic) bond motifs is 1. The number of nitrogens with zero attached hydrogens (tertiary/aromatic N) is 2. The van der Waals surface area contributed by atoms with E-state index in [9.17, 15) is 0 Å². The minimum absolute atomic E-state index is 0.699. The van der Waals surface area contributed by atoms with Crippen LogP contribution >= 0.6 is 0 Å². The molecule has 0 aliphatic carbocycles. The van der Waals surface area contributed by atoms with E-state index in [-0.39, 0.29) is 0 Å². The van der Waals surface area contributed by atoms with Gasteiger partial charge in [0.1, 0.15) is 11.5 Å². The first-order chi connectivity index (χ1) is 6.92. The molecule has 2 aromatic rings. The lowest BCUT2D eigenvalue weighted by Crippen LogP contribution is -2.09. The molecule has 0 aliphatic rings. The molecule has 0 atom stereocenters. The smallest absolute Gasteiger partial charge is 0.138 e. The van der Waals surface area contributed by atoms with E-state index < -0.39 is 0 Å². The van der Waals surface area contributed by atoms with Crippen LogP contribution in [-0.2, 0) is 4.74 Å². The zero-order chi connectivity index (χ0) is 9.80. The predicted octanol–water partition coefficient (Wildman–Crippen LogP) is 1.39. The molecular weight excluding hydrogens is 178 g/mol. The highest BCUT2D eigenvalue weighted by atomic mass is 16.5. The van der Waals surface area contributed by atoms with Gasteiger partial charge in [-0.3, -0.25) is 4.40 Å². The summed E-state index contributed by atoms with van der Waals surface area (Å²) in [5, 5.41) is 3.27. The molecule has 0 saturated heterocycles. The summed E-state index contributed by atoms with van der Waals surface area (Å²) < 4.78 is 6.98. The third kappa shape index (κ3) is 1.70. The first kappa shape index (κ1) is 9.02. The largest absolute Gasteiger partial charge is 0.383 e. The number of ether oxygens (including phenoxy) is 1. The molecule has 14 heavy (non-hydrogen) atoms. The Bertz CT molecular complexity index is 410. The fourth-order valence-electron chi connectivity index (χ4n) is 1.37. The van der Waals surface area contributed by atoms with Crippen LogP contribution in [0.25, 0.3) is 5.65 Å². The Morgan fingerprint density at radius 3 is 3.29 bits per heavy atom. The van der Waals surface area contributed by atoms with E-state index in [2.05, 4.69) is 10.3 Å². The molecule has 2 rings (SSSR count). The zero-order valence-electron chi connectivity index (χ0n) is 8.10. The second-order valence-corrected chi connectivity index (χ2v) is 2.99. The van der Waals surface area contributed by atoms with E-state index in [0.29, 0.717) is 6.61 Å². The molecule has 0 radical (unpaired) electrons. The van der Waals surface area contributed by atoms with Crippen molar-refractivity contribution in [1.82, 2.24) is 9.38 Å². The number of nitrogens with one attached hydrogen (secondary N) is 1. The molecule has 2 aromatic heterocycles.